The SMILES string of the molecule is C=Cn1c2ccc(C3CCCCC3)cc2c2ccc3c(c4ccccc4n3-c3ccccc3)c21. The van der Waals surface area contributed by atoms with E-state index in [1.807, 2.05) is 6.20 Å². The van der Waals surface area contributed by atoms with E-state index in [0.29, 0.717) is 5.92 Å². The highest BCUT2D eigenvalue weighted by Crippen LogP contribution is 2.42. The second-order valence-corrected chi connectivity index (χ2v) is 9.71. The van der Waals surface area contributed by atoms with Crippen LogP contribution in [0.3, 0.4) is 0 Å². The van der Waals surface area contributed by atoms with E-state index in [0.717, 1.165) is 0 Å². The van der Waals surface area contributed by atoms with Gasteiger partial charge in [-0.15, -0.1) is 0 Å². The Bertz CT molecular complexity index is 1690. The first-order valence-corrected chi connectivity index (χ1v) is 12.5. The maximum absolute atomic E-state index is 4.22. The van der Waals surface area contributed by atoms with Crippen molar-refractivity contribution >= 4 is 49.8 Å². The Morgan fingerprint density at radius 3 is 2.26 bits per heavy atom. The smallest absolute Gasteiger partial charge is 0.0635 e. The van der Waals surface area contributed by atoms with E-state index < -0.39 is 0 Å². The van der Waals surface area contributed by atoms with E-state index in [9.17, 15) is 0 Å². The number of para-hydroxylation sites is 2. The van der Waals surface area contributed by atoms with Gasteiger partial charge in [0, 0.05) is 33.4 Å². The summed E-state index contributed by atoms with van der Waals surface area (Å²) < 4.78 is 4.70. The van der Waals surface area contributed by atoms with Crippen molar-refractivity contribution < 1.29 is 0 Å². The van der Waals surface area contributed by atoms with Gasteiger partial charge in [-0.25, -0.2) is 0 Å². The third-order valence-corrected chi connectivity index (χ3v) is 7.90. The van der Waals surface area contributed by atoms with E-state index in [1.165, 1.54) is 87.0 Å². The minimum Gasteiger partial charge on any atom is -0.316 e. The summed E-state index contributed by atoms with van der Waals surface area (Å²) in [4.78, 5) is 0. The quantitative estimate of drug-likeness (QED) is 0.260. The van der Waals surface area contributed by atoms with Crippen LogP contribution in [0.5, 0.6) is 0 Å². The lowest BCUT2D eigenvalue weighted by Crippen LogP contribution is -2.04. The molecule has 0 unspecified atom stereocenters. The van der Waals surface area contributed by atoms with Crippen LogP contribution in [0.1, 0.15) is 43.6 Å². The average Bonchev–Trinajstić information content (AvgIpc) is 3.41. The molecule has 0 N–H and O–H groups in total. The lowest BCUT2D eigenvalue weighted by Gasteiger charge is -2.22. The summed E-state index contributed by atoms with van der Waals surface area (Å²) in [7, 11) is 0. The lowest BCUT2D eigenvalue weighted by atomic mass is 9.84. The minimum atomic E-state index is 0.698. The van der Waals surface area contributed by atoms with Crippen molar-refractivity contribution in [2.75, 3.05) is 0 Å². The normalized spacial score (nSPS) is 15.1. The molecule has 1 aliphatic rings. The standard InChI is InChI=1S/C32H28N2/c1-2-33-28-19-17-23(22-11-5-3-6-12-22)21-27(28)25-18-20-30-31(32(25)33)26-15-9-10-16-29(26)34(30)24-13-7-4-8-14-24/h2,4,7-10,13-22H,1,3,5-6,11-12H2. The summed E-state index contributed by atoms with van der Waals surface area (Å²) in [6, 6.07) is 31.2. The number of hydrogen-bond acceptors (Lipinski definition) is 0. The molecular weight excluding hydrogens is 412 g/mol. The summed E-state index contributed by atoms with van der Waals surface area (Å²) in [6.07, 6.45) is 8.73. The summed E-state index contributed by atoms with van der Waals surface area (Å²) >= 11 is 0. The van der Waals surface area contributed by atoms with Crippen LogP contribution in [0.15, 0.2) is 91.5 Å². The van der Waals surface area contributed by atoms with E-state index >= 15 is 0 Å². The average molecular weight is 441 g/mol. The number of nitrogens with zero attached hydrogens (tertiary/aromatic N) is 2. The zero-order chi connectivity index (χ0) is 22.6. The second-order valence-electron chi connectivity index (χ2n) is 9.71. The molecule has 34 heavy (non-hydrogen) atoms. The van der Waals surface area contributed by atoms with Crippen molar-refractivity contribution in [1.82, 2.24) is 9.13 Å². The molecule has 0 atom stereocenters. The molecular formula is C32H28N2. The first-order valence-electron chi connectivity index (χ1n) is 12.5. The van der Waals surface area contributed by atoms with Gasteiger partial charge in [0.1, 0.15) is 0 Å². The van der Waals surface area contributed by atoms with Gasteiger partial charge in [0.25, 0.3) is 0 Å². The molecule has 0 saturated heterocycles. The molecule has 1 saturated carbocycles. The summed E-state index contributed by atoms with van der Waals surface area (Å²) in [5, 5.41) is 5.24. The van der Waals surface area contributed by atoms with Gasteiger partial charge >= 0.3 is 0 Å². The Morgan fingerprint density at radius 2 is 1.44 bits per heavy atom. The highest BCUT2D eigenvalue weighted by molar-refractivity contribution is 6.26. The molecule has 2 heterocycles. The van der Waals surface area contributed by atoms with Crippen LogP contribution in [0.2, 0.25) is 0 Å². The van der Waals surface area contributed by atoms with Gasteiger partial charge in [-0.1, -0.05) is 74.4 Å². The van der Waals surface area contributed by atoms with Crippen LogP contribution in [0.25, 0.3) is 55.5 Å². The highest BCUT2D eigenvalue weighted by Gasteiger charge is 2.21. The molecule has 7 rings (SSSR count). The van der Waals surface area contributed by atoms with Crippen LogP contribution in [-0.2, 0) is 0 Å². The monoisotopic (exact) mass is 440 g/mol. The van der Waals surface area contributed by atoms with E-state index in [4.69, 9.17) is 0 Å². The molecule has 166 valence electrons. The van der Waals surface area contributed by atoms with Crippen LogP contribution < -0.4 is 0 Å². The Kier molecular flexibility index (Phi) is 4.41. The molecule has 6 aromatic rings. The van der Waals surface area contributed by atoms with Gasteiger partial charge in [-0.05, 0) is 60.7 Å². The van der Waals surface area contributed by atoms with Gasteiger partial charge < -0.3 is 9.13 Å². The van der Waals surface area contributed by atoms with Gasteiger partial charge in [-0.3, -0.25) is 0 Å². The van der Waals surface area contributed by atoms with Crippen LogP contribution in [-0.4, -0.2) is 9.13 Å². The number of rotatable bonds is 3. The fraction of sp³-hybridized carbons (Fsp3) is 0.188. The summed E-state index contributed by atoms with van der Waals surface area (Å²) in [5.41, 5.74) is 7.66. The van der Waals surface area contributed by atoms with Gasteiger partial charge in [0.05, 0.1) is 22.1 Å². The largest absolute Gasteiger partial charge is 0.316 e. The van der Waals surface area contributed by atoms with Crippen LogP contribution >= 0.6 is 0 Å². The van der Waals surface area contributed by atoms with Crippen molar-refractivity contribution in [2.45, 2.75) is 38.0 Å². The third kappa shape index (κ3) is 2.75. The Morgan fingerprint density at radius 1 is 0.676 bits per heavy atom. The fourth-order valence-corrected chi connectivity index (χ4v) is 6.34. The minimum absolute atomic E-state index is 0.698. The van der Waals surface area contributed by atoms with Crippen molar-refractivity contribution in [2.24, 2.45) is 0 Å². The molecule has 0 aliphatic heterocycles. The van der Waals surface area contributed by atoms with Crippen molar-refractivity contribution in [1.29, 1.82) is 0 Å². The fourth-order valence-electron chi connectivity index (χ4n) is 6.34. The number of aromatic nitrogens is 2. The first kappa shape index (κ1) is 19.7. The molecule has 0 bridgehead atoms. The Hall–Kier alpha value is -3.78. The van der Waals surface area contributed by atoms with E-state index in [-0.39, 0.29) is 0 Å². The third-order valence-electron chi connectivity index (χ3n) is 7.90. The maximum Gasteiger partial charge on any atom is 0.0635 e. The predicted octanol–water partition coefficient (Wildman–Crippen LogP) is 9.04. The molecule has 0 amide bonds. The molecule has 2 aromatic heterocycles. The topological polar surface area (TPSA) is 9.86 Å². The van der Waals surface area contributed by atoms with Crippen LogP contribution in [0, 0.1) is 0 Å². The Labute approximate surface area is 199 Å². The molecule has 0 radical (unpaired) electrons. The summed E-state index contributed by atoms with van der Waals surface area (Å²) in [5.74, 6) is 0.698. The van der Waals surface area contributed by atoms with E-state index in [1.54, 1.807) is 0 Å². The molecule has 4 aromatic carbocycles. The molecule has 1 aliphatic carbocycles. The first-order chi connectivity index (χ1) is 16.8. The van der Waals surface area contributed by atoms with Crippen molar-refractivity contribution in [3.63, 3.8) is 0 Å². The zero-order valence-corrected chi connectivity index (χ0v) is 19.4. The lowest BCUT2D eigenvalue weighted by molar-refractivity contribution is 0.444. The number of benzene rings is 4. The number of hydrogen-bond donors (Lipinski definition) is 0. The zero-order valence-electron chi connectivity index (χ0n) is 19.4. The predicted molar refractivity (Wildman–Crippen MR) is 146 cm³/mol. The van der Waals surface area contributed by atoms with Gasteiger partial charge in [-0.2, -0.15) is 0 Å². The molecule has 0 spiro atoms. The van der Waals surface area contributed by atoms with E-state index in [2.05, 4.69) is 101 Å². The van der Waals surface area contributed by atoms with Gasteiger partial charge in [0.2, 0.25) is 0 Å². The summed E-state index contributed by atoms with van der Waals surface area (Å²) in [6.45, 7) is 4.22. The molecule has 2 heteroatoms. The molecule has 1 fully saturated rings. The van der Waals surface area contributed by atoms with Crippen molar-refractivity contribution in [3.8, 4) is 5.69 Å². The maximum atomic E-state index is 4.22. The molecule has 2 nitrogen and oxygen atoms in total. The van der Waals surface area contributed by atoms with Crippen LogP contribution in [0.4, 0.5) is 0 Å². The van der Waals surface area contributed by atoms with Gasteiger partial charge in [0.15, 0.2) is 0 Å². The van der Waals surface area contributed by atoms with Crippen molar-refractivity contribution in [3.05, 3.63) is 97.1 Å². The second kappa shape index (κ2) is 7.63. The number of fused-ring (bicyclic) bond motifs is 7. The highest BCUT2D eigenvalue weighted by atomic mass is 15.0. The Balaban J connectivity index is 1.60.